The smallest absolute Gasteiger partial charge is 0.318 e. The summed E-state index contributed by atoms with van der Waals surface area (Å²) in [6.45, 7) is 2.19. The molecule has 0 heterocycles. The van der Waals surface area contributed by atoms with Gasteiger partial charge in [0.05, 0.1) is 4.92 Å². The van der Waals surface area contributed by atoms with Gasteiger partial charge >= 0.3 is 5.97 Å². The molecule has 0 amide bonds. The molecule has 0 aliphatic carbocycles. The van der Waals surface area contributed by atoms with E-state index in [1.54, 1.807) is 11.6 Å². The minimum Gasteiger partial charge on any atom is -0.480 e. The first-order chi connectivity index (χ1) is 8.66. The number of carboxylic acids is 1. The third-order valence-corrected chi connectivity index (χ3v) is 4.11. The Hall–Kier alpha value is -2.00. The molecule has 1 aromatic carbocycles. The van der Waals surface area contributed by atoms with Crippen molar-refractivity contribution in [2.45, 2.75) is 18.7 Å². The van der Waals surface area contributed by atoms with E-state index in [0.29, 0.717) is 5.56 Å². The van der Waals surface area contributed by atoms with E-state index in [1.807, 2.05) is 0 Å². The summed E-state index contributed by atoms with van der Waals surface area (Å²) in [5.74, 6) is -1.38. The van der Waals surface area contributed by atoms with Crippen molar-refractivity contribution in [1.82, 2.24) is 4.72 Å². The molecule has 2 N–H and O–H groups in total. The Morgan fingerprint density at radius 2 is 2.00 bits per heavy atom. The number of nitro groups is 1. The van der Waals surface area contributed by atoms with Crippen LogP contribution in [0, 0.1) is 24.0 Å². The zero-order valence-electron chi connectivity index (χ0n) is 10.2. The van der Waals surface area contributed by atoms with Gasteiger partial charge < -0.3 is 5.11 Å². The maximum absolute atomic E-state index is 12.0. The molecule has 104 valence electrons. The van der Waals surface area contributed by atoms with Crippen LogP contribution in [-0.4, -0.2) is 31.0 Å². The first-order valence-corrected chi connectivity index (χ1v) is 6.61. The molecule has 0 aliphatic heterocycles. The van der Waals surface area contributed by atoms with Crippen LogP contribution in [0.2, 0.25) is 0 Å². The van der Waals surface area contributed by atoms with Gasteiger partial charge in [-0.1, -0.05) is 6.07 Å². The number of hydrogen-bond donors (Lipinski definition) is 2. The fourth-order valence-corrected chi connectivity index (χ4v) is 2.93. The van der Waals surface area contributed by atoms with Crippen molar-refractivity contribution in [1.29, 1.82) is 0 Å². The summed E-state index contributed by atoms with van der Waals surface area (Å²) in [5.41, 5.74) is 0.189. The van der Waals surface area contributed by atoms with Crippen LogP contribution in [0.4, 0.5) is 5.69 Å². The van der Waals surface area contributed by atoms with E-state index >= 15 is 0 Å². The van der Waals surface area contributed by atoms with Crippen LogP contribution in [0.3, 0.4) is 0 Å². The quantitative estimate of drug-likeness (QED) is 0.602. The van der Waals surface area contributed by atoms with Gasteiger partial charge in [0.1, 0.15) is 6.54 Å². The molecule has 0 saturated carbocycles. The number of benzene rings is 1. The fraction of sp³-hybridized carbons (Fsp3) is 0.300. The predicted octanol–water partition coefficient (Wildman–Crippen LogP) is 0.575. The number of sulfonamides is 1. The normalized spacial score (nSPS) is 11.3. The standard InChI is InChI=1S/C10H12N2O6S/c1-6-3-4-8(12(15)16)10(7(6)2)19(17,18)11-5-9(13)14/h3-4,11H,5H2,1-2H3,(H,13,14). The highest BCUT2D eigenvalue weighted by Crippen LogP contribution is 2.28. The van der Waals surface area contributed by atoms with Crippen LogP contribution in [0.25, 0.3) is 0 Å². The lowest BCUT2D eigenvalue weighted by Gasteiger charge is -2.10. The highest BCUT2D eigenvalue weighted by molar-refractivity contribution is 7.89. The van der Waals surface area contributed by atoms with Gasteiger partial charge in [-0.05, 0) is 25.0 Å². The van der Waals surface area contributed by atoms with E-state index in [1.165, 1.54) is 13.0 Å². The van der Waals surface area contributed by atoms with Crippen LogP contribution < -0.4 is 4.72 Å². The lowest BCUT2D eigenvalue weighted by molar-refractivity contribution is -0.387. The Morgan fingerprint density at radius 1 is 1.42 bits per heavy atom. The van der Waals surface area contributed by atoms with Crippen LogP contribution in [0.1, 0.15) is 11.1 Å². The van der Waals surface area contributed by atoms with Crippen LogP contribution in [-0.2, 0) is 14.8 Å². The second-order valence-electron chi connectivity index (χ2n) is 3.83. The number of nitrogens with one attached hydrogen (secondary N) is 1. The van der Waals surface area contributed by atoms with E-state index in [9.17, 15) is 23.3 Å². The number of carboxylic acid groups (broad SMARTS) is 1. The molecule has 0 spiro atoms. The zero-order chi connectivity index (χ0) is 14.8. The molecule has 0 radical (unpaired) electrons. The maximum atomic E-state index is 12.0. The molecule has 0 fully saturated rings. The highest BCUT2D eigenvalue weighted by atomic mass is 32.2. The van der Waals surface area contributed by atoms with Gasteiger partial charge in [-0.2, -0.15) is 4.72 Å². The number of nitro benzene ring substituents is 1. The Kier molecular flexibility index (Phi) is 4.22. The monoisotopic (exact) mass is 288 g/mol. The maximum Gasteiger partial charge on any atom is 0.318 e. The fourth-order valence-electron chi connectivity index (χ4n) is 1.49. The van der Waals surface area contributed by atoms with E-state index in [2.05, 4.69) is 0 Å². The van der Waals surface area contributed by atoms with E-state index in [-0.39, 0.29) is 5.56 Å². The molecule has 0 unspecified atom stereocenters. The second-order valence-corrected chi connectivity index (χ2v) is 5.53. The third-order valence-electron chi connectivity index (χ3n) is 2.53. The molecule has 0 aliphatic rings. The largest absolute Gasteiger partial charge is 0.480 e. The number of carbonyl (C=O) groups is 1. The molecule has 19 heavy (non-hydrogen) atoms. The van der Waals surface area contributed by atoms with Gasteiger partial charge in [0.15, 0.2) is 4.90 Å². The molecule has 0 atom stereocenters. The second kappa shape index (κ2) is 5.33. The van der Waals surface area contributed by atoms with Gasteiger partial charge in [-0.15, -0.1) is 0 Å². The van der Waals surface area contributed by atoms with Crippen molar-refractivity contribution in [2.75, 3.05) is 6.54 Å². The van der Waals surface area contributed by atoms with Crippen molar-refractivity contribution in [3.8, 4) is 0 Å². The number of aryl methyl sites for hydroxylation is 1. The van der Waals surface area contributed by atoms with Gasteiger partial charge in [0.25, 0.3) is 5.69 Å². The molecule has 9 heteroatoms. The molecule has 0 saturated heterocycles. The van der Waals surface area contributed by atoms with Gasteiger partial charge in [0, 0.05) is 6.07 Å². The first-order valence-electron chi connectivity index (χ1n) is 5.13. The molecular formula is C10H12N2O6S. The molecule has 1 aromatic rings. The van der Waals surface area contributed by atoms with Gasteiger partial charge in [-0.25, -0.2) is 8.42 Å². The number of rotatable bonds is 5. The lowest BCUT2D eigenvalue weighted by atomic mass is 10.1. The summed E-state index contributed by atoms with van der Waals surface area (Å²) in [6, 6.07) is 2.52. The van der Waals surface area contributed by atoms with Crippen LogP contribution >= 0.6 is 0 Å². The average Bonchev–Trinajstić information content (AvgIpc) is 2.29. The van der Waals surface area contributed by atoms with E-state index in [0.717, 1.165) is 6.07 Å². The van der Waals surface area contributed by atoms with Crippen LogP contribution in [0.5, 0.6) is 0 Å². The Balaban J connectivity index is 3.43. The Labute approximate surface area is 109 Å². The molecule has 0 bridgehead atoms. The van der Waals surface area contributed by atoms with Gasteiger partial charge in [-0.3, -0.25) is 14.9 Å². The molecule has 1 rings (SSSR count). The summed E-state index contributed by atoms with van der Waals surface area (Å²) < 4.78 is 25.7. The average molecular weight is 288 g/mol. The first kappa shape index (κ1) is 15.1. The molecule has 0 aromatic heterocycles. The molecule has 8 nitrogen and oxygen atoms in total. The minimum absolute atomic E-state index is 0.215. The van der Waals surface area contributed by atoms with Gasteiger partial charge in [0.2, 0.25) is 10.0 Å². The number of aliphatic carboxylic acids is 1. The zero-order valence-corrected chi connectivity index (χ0v) is 11.0. The number of nitrogens with zero attached hydrogens (tertiary/aromatic N) is 1. The summed E-state index contributed by atoms with van der Waals surface area (Å²) in [5, 5.41) is 19.3. The van der Waals surface area contributed by atoms with Crippen molar-refractivity contribution in [3.05, 3.63) is 33.4 Å². The van der Waals surface area contributed by atoms with Crippen LogP contribution in [0.15, 0.2) is 17.0 Å². The van der Waals surface area contributed by atoms with Crippen molar-refractivity contribution in [2.24, 2.45) is 0 Å². The van der Waals surface area contributed by atoms with E-state index < -0.39 is 38.0 Å². The lowest BCUT2D eigenvalue weighted by Crippen LogP contribution is -2.30. The summed E-state index contributed by atoms with van der Waals surface area (Å²) in [6.07, 6.45) is 0. The predicted molar refractivity (Wildman–Crippen MR) is 65.4 cm³/mol. The summed E-state index contributed by atoms with van der Waals surface area (Å²) in [7, 11) is -4.26. The SMILES string of the molecule is Cc1ccc([N+](=O)[O-])c(S(=O)(=O)NCC(=O)O)c1C. The minimum atomic E-state index is -4.26. The summed E-state index contributed by atoms with van der Waals surface area (Å²) in [4.78, 5) is 19.9. The number of hydrogen-bond acceptors (Lipinski definition) is 5. The van der Waals surface area contributed by atoms with E-state index in [4.69, 9.17) is 5.11 Å². The van der Waals surface area contributed by atoms with Crippen molar-refractivity contribution >= 4 is 21.7 Å². The Morgan fingerprint density at radius 3 is 2.47 bits per heavy atom. The van der Waals surface area contributed by atoms with Crippen molar-refractivity contribution < 1.29 is 23.2 Å². The van der Waals surface area contributed by atoms with Crippen molar-refractivity contribution in [3.63, 3.8) is 0 Å². The topological polar surface area (TPSA) is 127 Å². The molecular weight excluding hydrogens is 276 g/mol. The third kappa shape index (κ3) is 3.26. The summed E-state index contributed by atoms with van der Waals surface area (Å²) >= 11 is 0. The Bertz CT molecular complexity index is 638. The highest BCUT2D eigenvalue weighted by Gasteiger charge is 2.29.